The van der Waals surface area contributed by atoms with Gasteiger partial charge in [-0.15, -0.1) is 0 Å². The van der Waals surface area contributed by atoms with Crippen LogP contribution in [0.3, 0.4) is 0 Å². The van der Waals surface area contributed by atoms with E-state index in [1.54, 1.807) is 7.11 Å². The Morgan fingerprint density at radius 1 is 1.10 bits per heavy atom. The second-order valence-corrected chi connectivity index (χ2v) is 5.38. The molecule has 1 atom stereocenters. The lowest BCUT2D eigenvalue weighted by Crippen LogP contribution is -2.28. The summed E-state index contributed by atoms with van der Waals surface area (Å²) in [4.78, 5) is 14.5. The number of hydrogen-bond acceptors (Lipinski definition) is 2. The normalized spacial score (nSPS) is 17.8. The maximum atomic E-state index is 12.5. The minimum absolute atomic E-state index is 0.107. The minimum Gasteiger partial charge on any atom is -0.497 e. The van der Waals surface area contributed by atoms with E-state index < -0.39 is 0 Å². The van der Waals surface area contributed by atoms with Crippen LogP contribution in [-0.4, -0.2) is 31.0 Å². The molecule has 2 aromatic carbocycles. The number of hydrogen-bond donors (Lipinski definition) is 0. The highest BCUT2D eigenvalue weighted by molar-refractivity contribution is 5.94. The molecule has 3 nitrogen and oxygen atoms in total. The SMILES string of the molecule is COc1ccc(C(=O)N2CC[C@@H](c3ccccc3)C2)cc1. The molecule has 0 radical (unpaired) electrons. The van der Waals surface area contributed by atoms with Crippen molar-refractivity contribution in [3.63, 3.8) is 0 Å². The number of likely N-dealkylation sites (tertiary alicyclic amines) is 1. The third kappa shape index (κ3) is 2.92. The van der Waals surface area contributed by atoms with Crippen molar-refractivity contribution in [2.24, 2.45) is 0 Å². The third-order valence-electron chi connectivity index (χ3n) is 4.08. The average molecular weight is 281 g/mol. The lowest BCUT2D eigenvalue weighted by Gasteiger charge is -2.17. The van der Waals surface area contributed by atoms with Crippen molar-refractivity contribution in [2.75, 3.05) is 20.2 Å². The zero-order chi connectivity index (χ0) is 14.7. The van der Waals surface area contributed by atoms with Gasteiger partial charge in [-0.25, -0.2) is 0 Å². The number of rotatable bonds is 3. The first-order valence-corrected chi connectivity index (χ1v) is 7.26. The maximum Gasteiger partial charge on any atom is 0.253 e. The van der Waals surface area contributed by atoms with Crippen LogP contribution in [-0.2, 0) is 0 Å². The summed E-state index contributed by atoms with van der Waals surface area (Å²) >= 11 is 0. The number of amides is 1. The van der Waals surface area contributed by atoms with Gasteiger partial charge < -0.3 is 9.64 Å². The Kier molecular flexibility index (Phi) is 3.91. The summed E-state index contributed by atoms with van der Waals surface area (Å²) in [5.41, 5.74) is 2.05. The molecule has 3 rings (SSSR count). The van der Waals surface area contributed by atoms with Gasteiger partial charge in [-0.2, -0.15) is 0 Å². The molecule has 1 fully saturated rings. The highest BCUT2D eigenvalue weighted by Gasteiger charge is 2.27. The lowest BCUT2D eigenvalue weighted by atomic mass is 9.99. The minimum atomic E-state index is 0.107. The van der Waals surface area contributed by atoms with Crippen LogP contribution < -0.4 is 4.74 Å². The number of ether oxygens (including phenoxy) is 1. The molecule has 1 amide bonds. The van der Waals surface area contributed by atoms with Crippen molar-refractivity contribution >= 4 is 5.91 Å². The maximum absolute atomic E-state index is 12.5. The number of carbonyl (C=O) groups excluding carboxylic acids is 1. The average Bonchev–Trinajstić information content (AvgIpc) is 3.05. The van der Waals surface area contributed by atoms with Crippen molar-refractivity contribution in [2.45, 2.75) is 12.3 Å². The highest BCUT2D eigenvalue weighted by Crippen LogP contribution is 2.28. The van der Waals surface area contributed by atoms with E-state index in [2.05, 4.69) is 24.3 Å². The van der Waals surface area contributed by atoms with Crippen LogP contribution >= 0.6 is 0 Å². The van der Waals surface area contributed by atoms with Crippen LogP contribution in [0.25, 0.3) is 0 Å². The Labute approximate surface area is 125 Å². The van der Waals surface area contributed by atoms with Crippen LogP contribution in [0.4, 0.5) is 0 Å². The Morgan fingerprint density at radius 2 is 1.81 bits per heavy atom. The molecule has 1 saturated heterocycles. The quantitative estimate of drug-likeness (QED) is 0.863. The van der Waals surface area contributed by atoms with Crippen molar-refractivity contribution in [3.8, 4) is 5.75 Å². The summed E-state index contributed by atoms with van der Waals surface area (Å²) in [6.07, 6.45) is 1.03. The Bertz CT molecular complexity index is 607. The van der Waals surface area contributed by atoms with Gasteiger partial charge in [0.1, 0.15) is 5.75 Å². The van der Waals surface area contributed by atoms with E-state index in [0.29, 0.717) is 5.92 Å². The van der Waals surface area contributed by atoms with Gasteiger partial charge in [0.2, 0.25) is 0 Å². The molecule has 1 aliphatic rings. The van der Waals surface area contributed by atoms with Gasteiger partial charge in [-0.05, 0) is 36.2 Å². The van der Waals surface area contributed by atoms with Crippen molar-refractivity contribution in [1.29, 1.82) is 0 Å². The summed E-state index contributed by atoms with van der Waals surface area (Å²) in [6.45, 7) is 1.62. The fraction of sp³-hybridized carbons (Fsp3) is 0.278. The second kappa shape index (κ2) is 6.00. The second-order valence-electron chi connectivity index (χ2n) is 5.38. The molecular weight excluding hydrogens is 262 g/mol. The molecule has 1 aliphatic heterocycles. The largest absolute Gasteiger partial charge is 0.497 e. The fourth-order valence-electron chi connectivity index (χ4n) is 2.86. The van der Waals surface area contributed by atoms with E-state index in [0.717, 1.165) is 30.8 Å². The molecule has 0 aromatic heterocycles. The molecular formula is C18H19NO2. The van der Waals surface area contributed by atoms with Crippen molar-refractivity contribution in [1.82, 2.24) is 4.90 Å². The van der Waals surface area contributed by atoms with E-state index in [9.17, 15) is 4.79 Å². The Balaban J connectivity index is 1.69. The van der Waals surface area contributed by atoms with Crippen LogP contribution in [0.1, 0.15) is 28.3 Å². The lowest BCUT2D eigenvalue weighted by molar-refractivity contribution is 0.0791. The molecule has 108 valence electrons. The summed E-state index contributed by atoms with van der Waals surface area (Å²) in [5.74, 6) is 1.33. The monoisotopic (exact) mass is 281 g/mol. The van der Waals surface area contributed by atoms with Crippen LogP contribution in [0, 0.1) is 0 Å². The Hall–Kier alpha value is -2.29. The topological polar surface area (TPSA) is 29.5 Å². The summed E-state index contributed by atoms with van der Waals surface area (Å²) < 4.78 is 5.12. The molecule has 0 saturated carbocycles. The third-order valence-corrected chi connectivity index (χ3v) is 4.08. The van der Waals surface area contributed by atoms with Gasteiger partial charge in [-0.1, -0.05) is 30.3 Å². The molecule has 0 unspecified atom stereocenters. The van der Waals surface area contributed by atoms with Gasteiger partial charge in [-0.3, -0.25) is 4.79 Å². The summed E-state index contributed by atoms with van der Waals surface area (Å²) in [5, 5.41) is 0. The van der Waals surface area contributed by atoms with E-state index in [-0.39, 0.29) is 5.91 Å². The first-order valence-electron chi connectivity index (χ1n) is 7.26. The van der Waals surface area contributed by atoms with Crippen LogP contribution in [0.15, 0.2) is 54.6 Å². The Morgan fingerprint density at radius 3 is 2.48 bits per heavy atom. The van der Waals surface area contributed by atoms with Crippen molar-refractivity contribution < 1.29 is 9.53 Å². The molecule has 0 bridgehead atoms. The van der Waals surface area contributed by atoms with E-state index in [1.807, 2.05) is 35.2 Å². The zero-order valence-electron chi connectivity index (χ0n) is 12.2. The molecule has 0 N–H and O–H groups in total. The van der Waals surface area contributed by atoms with E-state index in [1.165, 1.54) is 5.56 Å². The van der Waals surface area contributed by atoms with Crippen LogP contribution in [0.5, 0.6) is 5.75 Å². The molecule has 2 aromatic rings. The van der Waals surface area contributed by atoms with Crippen molar-refractivity contribution in [3.05, 3.63) is 65.7 Å². The first-order chi connectivity index (χ1) is 10.3. The number of methoxy groups -OCH3 is 1. The van der Waals surface area contributed by atoms with Gasteiger partial charge in [0.05, 0.1) is 7.11 Å². The van der Waals surface area contributed by atoms with Crippen LogP contribution in [0.2, 0.25) is 0 Å². The van der Waals surface area contributed by atoms with Gasteiger partial charge >= 0.3 is 0 Å². The van der Waals surface area contributed by atoms with E-state index in [4.69, 9.17) is 4.74 Å². The molecule has 21 heavy (non-hydrogen) atoms. The van der Waals surface area contributed by atoms with Gasteiger partial charge in [0.25, 0.3) is 5.91 Å². The van der Waals surface area contributed by atoms with E-state index >= 15 is 0 Å². The van der Waals surface area contributed by atoms with Gasteiger partial charge in [0.15, 0.2) is 0 Å². The zero-order valence-corrected chi connectivity index (χ0v) is 12.2. The molecule has 0 aliphatic carbocycles. The molecule has 3 heteroatoms. The predicted molar refractivity (Wildman–Crippen MR) is 82.7 cm³/mol. The number of carbonyl (C=O) groups is 1. The number of nitrogens with zero attached hydrogens (tertiary/aromatic N) is 1. The van der Waals surface area contributed by atoms with Gasteiger partial charge in [0, 0.05) is 24.6 Å². The summed E-state index contributed by atoms with van der Waals surface area (Å²) in [6, 6.07) is 17.8. The summed E-state index contributed by atoms with van der Waals surface area (Å²) in [7, 11) is 1.63. The molecule has 1 heterocycles. The standard InChI is InChI=1S/C18H19NO2/c1-21-17-9-7-15(8-10-17)18(20)19-12-11-16(13-19)14-5-3-2-4-6-14/h2-10,16H,11-13H2,1H3/t16-/m1/s1. The first kappa shape index (κ1) is 13.7. The smallest absolute Gasteiger partial charge is 0.253 e. The predicted octanol–water partition coefficient (Wildman–Crippen LogP) is 3.32. The number of benzene rings is 2. The molecule has 0 spiro atoms. The highest BCUT2D eigenvalue weighted by atomic mass is 16.5. The fourth-order valence-corrected chi connectivity index (χ4v) is 2.86.